The SMILES string of the molecule is COCC(O)CN(C)C(=O)CNC1CC1. The maximum absolute atomic E-state index is 11.5. The second kappa shape index (κ2) is 6.05. The van der Waals surface area contributed by atoms with Crippen molar-refractivity contribution in [3.8, 4) is 0 Å². The second-order valence-corrected chi connectivity index (χ2v) is 4.04. The number of rotatable bonds is 7. The van der Waals surface area contributed by atoms with Crippen molar-refractivity contribution in [2.24, 2.45) is 0 Å². The molecular weight excluding hydrogens is 196 g/mol. The van der Waals surface area contributed by atoms with Crippen LogP contribution in [0.2, 0.25) is 0 Å². The van der Waals surface area contributed by atoms with E-state index in [-0.39, 0.29) is 12.5 Å². The summed E-state index contributed by atoms with van der Waals surface area (Å²) in [6, 6.07) is 0.534. The summed E-state index contributed by atoms with van der Waals surface area (Å²) in [5.74, 6) is 0.0112. The molecular formula is C10H20N2O3. The fourth-order valence-corrected chi connectivity index (χ4v) is 1.32. The van der Waals surface area contributed by atoms with Gasteiger partial charge in [-0.3, -0.25) is 4.79 Å². The minimum atomic E-state index is -0.607. The quantitative estimate of drug-likeness (QED) is 0.585. The van der Waals surface area contributed by atoms with Crippen molar-refractivity contribution in [2.75, 3.05) is 33.9 Å². The molecule has 0 aromatic rings. The van der Waals surface area contributed by atoms with Gasteiger partial charge in [-0.05, 0) is 12.8 Å². The largest absolute Gasteiger partial charge is 0.389 e. The smallest absolute Gasteiger partial charge is 0.236 e. The Morgan fingerprint density at radius 1 is 1.67 bits per heavy atom. The lowest BCUT2D eigenvalue weighted by molar-refractivity contribution is -0.130. The Hall–Kier alpha value is -0.650. The van der Waals surface area contributed by atoms with Crippen LogP contribution in [0.15, 0.2) is 0 Å². The van der Waals surface area contributed by atoms with Gasteiger partial charge in [0.25, 0.3) is 0 Å². The molecule has 0 bridgehead atoms. The first-order valence-electron chi connectivity index (χ1n) is 5.28. The molecule has 0 heterocycles. The molecule has 1 rings (SSSR count). The number of hydrogen-bond acceptors (Lipinski definition) is 4. The predicted octanol–water partition coefficient (Wildman–Crippen LogP) is -0.796. The summed E-state index contributed by atoms with van der Waals surface area (Å²) in [5, 5.41) is 12.6. The number of aliphatic hydroxyl groups is 1. The molecule has 0 saturated heterocycles. The Morgan fingerprint density at radius 3 is 2.87 bits per heavy atom. The van der Waals surface area contributed by atoms with Gasteiger partial charge in [-0.25, -0.2) is 0 Å². The van der Waals surface area contributed by atoms with Crippen LogP contribution in [0.4, 0.5) is 0 Å². The lowest BCUT2D eigenvalue weighted by Crippen LogP contribution is -2.41. The minimum Gasteiger partial charge on any atom is -0.389 e. The number of hydrogen-bond donors (Lipinski definition) is 2. The van der Waals surface area contributed by atoms with Gasteiger partial charge < -0.3 is 20.1 Å². The van der Waals surface area contributed by atoms with Gasteiger partial charge >= 0.3 is 0 Å². The van der Waals surface area contributed by atoms with Crippen LogP contribution in [-0.2, 0) is 9.53 Å². The van der Waals surface area contributed by atoms with Crippen LogP contribution >= 0.6 is 0 Å². The number of nitrogens with zero attached hydrogens (tertiary/aromatic N) is 1. The molecule has 0 aromatic heterocycles. The van der Waals surface area contributed by atoms with E-state index in [1.54, 1.807) is 7.05 Å². The highest BCUT2D eigenvalue weighted by Crippen LogP contribution is 2.18. The molecule has 0 aliphatic heterocycles. The maximum Gasteiger partial charge on any atom is 0.236 e. The minimum absolute atomic E-state index is 0.0112. The van der Waals surface area contributed by atoms with Crippen molar-refractivity contribution in [2.45, 2.75) is 25.0 Å². The number of nitrogens with one attached hydrogen (secondary N) is 1. The van der Waals surface area contributed by atoms with Gasteiger partial charge in [-0.15, -0.1) is 0 Å². The Balaban J connectivity index is 2.12. The lowest BCUT2D eigenvalue weighted by atomic mass is 10.3. The van der Waals surface area contributed by atoms with E-state index in [4.69, 9.17) is 4.74 Å². The van der Waals surface area contributed by atoms with E-state index in [0.717, 1.165) is 0 Å². The summed E-state index contributed by atoms with van der Waals surface area (Å²) in [6.45, 7) is 0.938. The number of aliphatic hydroxyl groups excluding tert-OH is 1. The third-order valence-electron chi connectivity index (χ3n) is 2.39. The molecule has 1 aliphatic rings. The van der Waals surface area contributed by atoms with E-state index in [0.29, 0.717) is 19.1 Å². The first-order chi connectivity index (χ1) is 7.13. The van der Waals surface area contributed by atoms with E-state index in [9.17, 15) is 9.90 Å². The first kappa shape index (κ1) is 12.4. The Bertz CT molecular complexity index is 207. The average molecular weight is 216 g/mol. The van der Waals surface area contributed by atoms with E-state index >= 15 is 0 Å². The Labute approximate surface area is 90.4 Å². The second-order valence-electron chi connectivity index (χ2n) is 4.04. The molecule has 1 atom stereocenters. The first-order valence-corrected chi connectivity index (χ1v) is 5.28. The molecule has 15 heavy (non-hydrogen) atoms. The van der Waals surface area contributed by atoms with Gasteiger partial charge in [0.15, 0.2) is 0 Å². The molecule has 0 spiro atoms. The van der Waals surface area contributed by atoms with Crippen molar-refractivity contribution in [1.82, 2.24) is 10.2 Å². The summed E-state index contributed by atoms with van der Waals surface area (Å²) in [7, 11) is 3.22. The summed E-state index contributed by atoms with van der Waals surface area (Å²) in [4.78, 5) is 13.1. The zero-order valence-electron chi connectivity index (χ0n) is 9.40. The highest BCUT2D eigenvalue weighted by molar-refractivity contribution is 5.78. The van der Waals surface area contributed by atoms with Crippen molar-refractivity contribution < 1.29 is 14.6 Å². The molecule has 88 valence electrons. The Kier molecular flexibility index (Phi) is 5.01. The van der Waals surface area contributed by atoms with Gasteiger partial charge in [-0.2, -0.15) is 0 Å². The number of methoxy groups -OCH3 is 1. The van der Waals surface area contributed by atoms with Crippen LogP contribution < -0.4 is 5.32 Å². The highest BCUT2D eigenvalue weighted by atomic mass is 16.5. The number of carbonyl (C=O) groups is 1. The van der Waals surface area contributed by atoms with Crippen LogP contribution in [0, 0.1) is 0 Å². The zero-order valence-corrected chi connectivity index (χ0v) is 9.40. The van der Waals surface area contributed by atoms with Gasteiger partial charge in [0.2, 0.25) is 5.91 Å². The van der Waals surface area contributed by atoms with Gasteiger partial charge in [0, 0.05) is 26.7 Å². The maximum atomic E-state index is 11.5. The van der Waals surface area contributed by atoms with Crippen LogP contribution in [0.25, 0.3) is 0 Å². The molecule has 1 unspecified atom stereocenters. The summed E-state index contributed by atoms with van der Waals surface area (Å²) >= 11 is 0. The van der Waals surface area contributed by atoms with Gasteiger partial charge in [0.05, 0.1) is 19.3 Å². The molecule has 2 N–H and O–H groups in total. The highest BCUT2D eigenvalue weighted by Gasteiger charge is 2.22. The third kappa shape index (κ3) is 5.11. The van der Waals surface area contributed by atoms with Crippen molar-refractivity contribution in [3.05, 3.63) is 0 Å². The van der Waals surface area contributed by atoms with Gasteiger partial charge in [-0.1, -0.05) is 0 Å². The summed E-state index contributed by atoms with van der Waals surface area (Å²) in [5.41, 5.74) is 0. The summed E-state index contributed by atoms with van der Waals surface area (Å²) in [6.07, 6.45) is 1.73. The third-order valence-corrected chi connectivity index (χ3v) is 2.39. The van der Waals surface area contributed by atoms with Crippen LogP contribution in [0.1, 0.15) is 12.8 Å². The molecule has 5 nitrogen and oxygen atoms in total. The van der Waals surface area contributed by atoms with E-state index in [2.05, 4.69) is 5.32 Å². The number of amides is 1. The molecule has 0 aromatic carbocycles. The van der Waals surface area contributed by atoms with Crippen LogP contribution in [0.3, 0.4) is 0 Å². The molecule has 1 saturated carbocycles. The van der Waals surface area contributed by atoms with Gasteiger partial charge in [0.1, 0.15) is 0 Å². The molecule has 1 fully saturated rings. The molecule has 0 radical (unpaired) electrons. The monoisotopic (exact) mass is 216 g/mol. The van der Waals surface area contributed by atoms with Crippen molar-refractivity contribution >= 4 is 5.91 Å². The van der Waals surface area contributed by atoms with E-state index in [1.165, 1.54) is 24.9 Å². The summed E-state index contributed by atoms with van der Waals surface area (Å²) < 4.78 is 4.79. The topological polar surface area (TPSA) is 61.8 Å². The zero-order chi connectivity index (χ0) is 11.3. The number of carbonyl (C=O) groups excluding carboxylic acids is 1. The normalized spacial score (nSPS) is 17.5. The van der Waals surface area contributed by atoms with E-state index in [1.807, 2.05) is 0 Å². The standard InChI is InChI=1S/C10H20N2O3/c1-12(6-9(13)7-15-2)10(14)5-11-8-3-4-8/h8-9,11,13H,3-7H2,1-2H3. The van der Waals surface area contributed by atoms with Crippen molar-refractivity contribution in [3.63, 3.8) is 0 Å². The Morgan fingerprint density at radius 2 is 2.33 bits per heavy atom. The van der Waals surface area contributed by atoms with Crippen LogP contribution in [-0.4, -0.2) is 61.9 Å². The lowest BCUT2D eigenvalue weighted by Gasteiger charge is -2.20. The average Bonchev–Trinajstić information content (AvgIpc) is 2.97. The van der Waals surface area contributed by atoms with Crippen molar-refractivity contribution in [1.29, 1.82) is 0 Å². The number of ether oxygens (including phenoxy) is 1. The van der Waals surface area contributed by atoms with Crippen LogP contribution in [0.5, 0.6) is 0 Å². The molecule has 5 heteroatoms. The fourth-order valence-electron chi connectivity index (χ4n) is 1.32. The van der Waals surface area contributed by atoms with E-state index < -0.39 is 6.10 Å². The predicted molar refractivity (Wildman–Crippen MR) is 56.5 cm³/mol. The fraction of sp³-hybridized carbons (Fsp3) is 0.900. The number of likely N-dealkylation sites (N-methyl/N-ethyl adjacent to an activating group) is 1. The molecule has 1 aliphatic carbocycles. The molecule has 1 amide bonds.